The third-order valence-electron chi connectivity index (χ3n) is 8.72. The van der Waals surface area contributed by atoms with E-state index in [9.17, 15) is 24.0 Å². The summed E-state index contributed by atoms with van der Waals surface area (Å²) in [6, 6.07) is -0.990. The Morgan fingerprint density at radius 3 is 2.36 bits per heavy atom. The summed E-state index contributed by atoms with van der Waals surface area (Å²) < 4.78 is 28.5. The molecule has 3 fully saturated rings. The van der Waals surface area contributed by atoms with Crippen molar-refractivity contribution in [2.45, 2.75) is 116 Å². The molecule has 3 rings (SSSR count). The number of thioether (sulfide) groups is 1. The Morgan fingerprint density at radius 1 is 1.09 bits per heavy atom. The molecule has 2 N–H and O–H groups in total. The Morgan fingerprint density at radius 2 is 1.78 bits per heavy atom. The highest BCUT2D eigenvalue weighted by Gasteiger charge is 2.72. The zero-order chi connectivity index (χ0) is 33.6. The largest absolute Gasteiger partial charge is 0.467 e. The number of imide groups is 1. The molecule has 1 spiro atoms. The third-order valence-corrected chi connectivity index (χ3v) is 9.76. The van der Waals surface area contributed by atoms with Crippen LogP contribution in [0.3, 0.4) is 0 Å². The Balaban J connectivity index is 1.47. The number of nitrogens with one attached hydrogen (secondary N) is 2. The van der Waals surface area contributed by atoms with Crippen LogP contribution in [-0.2, 0) is 42.9 Å². The first-order valence-electron chi connectivity index (χ1n) is 15.5. The number of ketones is 1. The fourth-order valence-electron chi connectivity index (χ4n) is 6.02. The van der Waals surface area contributed by atoms with E-state index in [2.05, 4.69) is 23.6 Å². The minimum absolute atomic E-state index is 0.0126. The molecular formula is C32H50N2O10S. The third kappa shape index (κ3) is 10.0. The molecule has 12 nitrogen and oxygen atoms in total. The number of epoxide rings is 2. The van der Waals surface area contributed by atoms with Crippen molar-refractivity contribution in [3.63, 3.8) is 0 Å². The van der Waals surface area contributed by atoms with Crippen molar-refractivity contribution in [1.29, 1.82) is 0 Å². The first kappa shape index (κ1) is 37.0. The Bertz CT molecular complexity index is 1140. The second kappa shape index (κ2) is 15.4. The molecule has 0 aromatic carbocycles. The van der Waals surface area contributed by atoms with Crippen LogP contribution in [0.15, 0.2) is 11.6 Å². The molecular weight excluding hydrogens is 604 g/mol. The van der Waals surface area contributed by atoms with Crippen LogP contribution in [0.2, 0.25) is 0 Å². The van der Waals surface area contributed by atoms with Gasteiger partial charge in [-0.15, -0.1) is 11.8 Å². The molecule has 0 aromatic heterocycles. The van der Waals surface area contributed by atoms with Crippen molar-refractivity contribution < 1.29 is 47.7 Å². The zero-order valence-electron chi connectivity index (χ0n) is 27.8. The first-order chi connectivity index (χ1) is 21.1. The number of methoxy groups -OCH3 is 2. The summed E-state index contributed by atoms with van der Waals surface area (Å²) in [6.45, 7) is 12.2. The van der Waals surface area contributed by atoms with E-state index in [4.69, 9.17) is 23.7 Å². The number of hydrogen-bond acceptors (Lipinski definition) is 11. The van der Waals surface area contributed by atoms with E-state index in [1.807, 2.05) is 34.6 Å². The summed E-state index contributed by atoms with van der Waals surface area (Å²) in [5, 5.41) is 4.85. The SMILES string of the molecule is COC(=O)[C@@H](CSCC(=O)NC(=O)O[C@@H]1CC[C@]2(CO2)[C@@H](C2(C)O[C@@H]2CC=C(C)C)[C@@H]1OC)NC(=O)CCCC(=O)C(C)(C)C. The van der Waals surface area contributed by atoms with Crippen LogP contribution in [0.25, 0.3) is 0 Å². The topological polar surface area (TPSA) is 162 Å². The van der Waals surface area contributed by atoms with Gasteiger partial charge in [0.15, 0.2) is 0 Å². The van der Waals surface area contributed by atoms with Gasteiger partial charge in [-0.2, -0.15) is 0 Å². The molecule has 0 aromatic rings. The van der Waals surface area contributed by atoms with E-state index in [0.29, 0.717) is 25.9 Å². The fraction of sp³-hybridized carbons (Fsp3) is 0.781. The van der Waals surface area contributed by atoms with E-state index in [1.165, 1.54) is 12.7 Å². The van der Waals surface area contributed by atoms with Crippen LogP contribution >= 0.6 is 11.8 Å². The van der Waals surface area contributed by atoms with Crippen molar-refractivity contribution in [3.8, 4) is 0 Å². The lowest BCUT2D eigenvalue weighted by molar-refractivity contribution is -0.144. The van der Waals surface area contributed by atoms with E-state index < -0.39 is 53.1 Å². The lowest BCUT2D eigenvalue weighted by atomic mass is 9.68. The number of rotatable bonds is 15. The molecule has 45 heavy (non-hydrogen) atoms. The molecule has 0 radical (unpaired) electrons. The molecule has 3 aliphatic rings. The van der Waals surface area contributed by atoms with Gasteiger partial charge in [0, 0.05) is 31.1 Å². The monoisotopic (exact) mass is 654 g/mol. The second-order valence-corrected chi connectivity index (χ2v) is 14.6. The van der Waals surface area contributed by atoms with Crippen molar-refractivity contribution in [3.05, 3.63) is 11.6 Å². The Labute approximate surface area is 270 Å². The highest BCUT2D eigenvalue weighted by molar-refractivity contribution is 8.00. The van der Waals surface area contributed by atoms with Gasteiger partial charge in [0.1, 0.15) is 35.2 Å². The summed E-state index contributed by atoms with van der Waals surface area (Å²) >= 11 is 1.06. The summed E-state index contributed by atoms with van der Waals surface area (Å²) in [7, 11) is 2.78. The minimum Gasteiger partial charge on any atom is -0.467 e. The summed E-state index contributed by atoms with van der Waals surface area (Å²) in [6.07, 6.45) is 2.86. The van der Waals surface area contributed by atoms with Crippen LogP contribution in [0.1, 0.15) is 80.1 Å². The Hall–Kier alpha value is -2.48. The molecule has 0 bridgehead atoms. The van der Waals surface area contributed by atoms with Gasteiger partial charge in [-0.3, -0.25) is 19.7 Å². The van der Waals surface area contributed by atoms with Gasteiger partial charge in [-0.25, -0.2) is 9.59 Å². The molecule has 1 aliphatic carbocycles. The van der Waals surface area contributed by atoms with Gasteiger partial charge in [-0.05, 0) is 46.5 Å². The lowest BCUT2D eigenvalue weighted by Crippen LogP contribution is -2.56. The zero-order valence-corrected chi connectivity index (χ0v) is 28.6. The van der Waals surface area contributed by atoms with Crippen molar-refractivity contribution >= 4 is 41.4 Å². The highest BCUT2D eigenvalue weighted by atomic mass is 32.2. The number of carbonyl (C=O) groups is 5. The molecule has 3 amide bonds. The number of alkyl carbamates (subject to hydrolysis) is 1. The van der Waals surface area contributed by atoms with E-state index >= 15 is 0 Å². The van der Waals surface area contributed by atoms with Gasteiger partial charge in [-0.1, -0.05) is 32.4 Å². The standard InChI is InChI=1S/C32H50N2O10S/c1-19(2)12-13-23-31(6,44-23)27-26(40-7)21(14-15-32(27)18-42-32)43-29(39)34-25(37)17-45-16-20(28(38)41-8)33-24(36)11-9-10-22(35)30(3,4)5/h12,20-21,23,26-27H,9-11,13-18H2,1-8H3,(H,33,36)(H,34,37,39)/t20-,21-,23-,26-,27-,31?,32+/m1/s1. The molecule has 2 aliphatic heterocycles. The number of Topliss-reactive ketones (excluding diaryl/α,β-unsaturated/α-hetero) is 1. The second-order valence-electron chi connectivity index (χ2n) is 13.6. The molecule has 13 heteroatoms. The molecule has 2 saturated heterocycles. The molecule has 254 valence electrons. The molecule has 2 heterocycles. The van der Waals surface area contributed by atoms with Crippen LogP contribution < -0.4 is 10.6 Å². The number of carbonyl (C=O) groups excluding carboxylic acids is 5. The number of allylic oxidation sites excluding steroid dienone is 1. The number of ether oxygens (including phenoxy) is 5. The normalized spacial score (nSPS) is 29.2. The van der Waals surface area contributed by atoms with E-state index in [1.54, 1.807) is 7.11 Å². The van der Waals surface area contributed by atoms with Crippen LogP contribution in [0.5, 0.6) is 0 Å². The van der Waals surface area contributed by atoms with Gasteiger partial charge >= 0.3 is 12.1 Å². The first-order valence-corrected chi connectivity index (χ1v) is 16.7. The summed E-state index contributed by atoms with van der Waals surface area (Å²) in [5.41, 5.74) is -0.118. The quantitative estimate of drug-likeness (QED) is 0.151. The van der Waals surface area contributed by atoms with Crippen molar-refractivity contribution in [1.82, 2.24) is 10.6 Å². The smallest absolute Gasteiger partial charge is 0.414 e. The molecule has 1 unspecified atom stereocenters. The van der Waals surface area contributed by atoms with Gasteiger partial charge < -0.3 is 29.0 Å². The number of hydrogen-bond donors (Lipinski definition) is 2. The maximum Gasteiger partial charge on any atom is 0.414 e. The predicted molar refractivity (Wildman–Crippen MR) is 168 cm³/mol. The summed E-state index contributed by atoms with van der Waals surface area (Å²) in [4.78, 5) is 62.0. The highest BCUT2D eigenvalue weighted by Crippen LogP contribution is 2.59. The van der Waals surface area contributed by atoms with Crippen molar-refractivity contribution in [2.24, 2.45) is 11.3 Å². The molecule has 7 atom stereocenters. The van der Waals surface area contributed by atoms with Crippen molar-refractivity contribution in [2.75, 3.05) is 32.3 Å². The van der Waals surface area contributed by atoms with Crippen LogP contribution in [0.4, 0.5) is 4.79 Å². The van der Waals surface area contributed by atoms with Gasteiger partial charge in [0.05, 0.1) is 31.5 Å². The fourth-order valence-corrected chi connectivity index (χ4v) is 6.85. The molecule has 1 saturated carbocycles. The summed E-state index contributed by atoms with van der Waals surface area (Å²) in [5.74, 6) is -1.87. The number of amides is 3. The van der Waals surface area contributed by atoms with E-state index in [-0.39, 0.29) is 47.8 Å². The van der Waals surface area contributed by atoms with Gasteiger partial charge in [0.2, 0.25) is 11.8 Å². The van der Waals surface area contributed by atoms with Gasteiger partial charge in [0.25, 0.3) is 0 Å². The average Bonchev–Trinajstić information content (AvgIpc) is 3.87. The maximum atomic E-state index is 12.7. The number of esters is 1. The lowest BCUT2D eigenvalue weighted by Gasteiger charge is -2.42. The maximum absolute atomic E-state index is 12.7. The predicted octanol–water partition coefficient (Wildman–Crippen LogP) is 3.49. The average molecular weight is 655 g/mol. The van der Waals surface area contributed by atoms with Crippen LogP contribution in [-0.4, -0.2) is 97.5 Å². The minimum atomic E-state index is -0.990. The van der Waals surface area contributed by atoms with Crippen LogP contribution in [0, 0.1) is 11.3 Å². The Kier molecular flexibility index (Phi) is 12.7. The van der Waals surface area contributed by atoms with E-state index in [0.717, 1.165) is 18.2 Å².